The average Bonchev–Trinajstić information content (AvgIpc) is 3.20. The first-order chi connectivity index (χ1) is 13.3. The Kier molecular flexibility index (Phi) is 6.04. The summed E-state index contributed by atoms with van der Waals surface area (Å²) in [6.07, 6.45) is -1.13. The van der Waals surface area contributed by atoms with Crippen molar-refractivity contribution in [1.29, 1.82) is 0 Å². The largest absolute Gasteiger partial charge is 0.417 e. The number of rotatable bonds is 7. The van der Waals surface area contributed by atoms with Gasteiger partial charge in [0.1, 0.15) is 18.0 Å². The highest BCUT2D eigenvalue weighted by atomic mass is 32.2. The number of halogens is 3. The summed E-state index contributed by atoms with van der Waals surface area (Å²) in [7, 11) is -4.30. The monoisotopic (exact) mass is 415 g/mol. The molecule has 1 aliphatic heterocycles. The minimum absolute atomic E-state index is 0.0996. The molecule has 0 atom stereocenters. The smallest absolute Gasteiger partial charge is 0.369 e. The van der Waals surface area contributed by atoms with Crippen LogP contribution in [0.5, 0.6) is 0 Å². The van der Waals surface area contributed by atoms with Crippen molar-refractivity contribution in [2.24, 2.45) is 0 Å². The Hall–Kier alpha value is -2.40. The number of nitrogens with one attached hydrogen (secondary N) is 2. The van der Waals surface area contributed by atoms with Crippen LogP contribution in [-0.4, -0.2) is 44.6 Å². The van der Waals surface area contributed by atoms with Crippen molar-refractivity contribution in [1.82, 2.24) is 14.7 Å². The SMILES string of the molecule is O=S(=O)(NCCNc1cc(N2CCCC2)ncn1)c1ccccc1C(F)(F)F. The molecule has 1 fully saturated rings. The Morgan fingerprint density at radius 1 is 1.07 bits per heavy atom. The summed E-state index contributed by atoms with van der Waals surface area (Å²) >= 11 is 0. The summed E-state index contributed by atoms with van der Waals surface area (Å²) in [5.41, 5.74) is -1.19. The zero-order valence-corrected chi connectivity index (χ0v) is 15.7. The second-order valence-electron chi connectivity index (χ2n) is 6.27. The molecule has 0 aliphatic carbocycles. The number of hydrogen-bond acceptors (Lipinski definition) is 6. The van der Waals surface area contributed by atoms with Crippen LogP contribution in [0.15, 0.2) is 41.6 Å². The maximum Gasteiger partial charge on any atom is 0.417 e. The van der Waals surface area contributed by atoms with Crippen LogP contribution in [0.3, 0.4) is 0 Å². The normalized spacial score (nSPS) is 15.0. The number of sulfonamides is 1. The van der Waals surface area contributed by atoms with Gasteiger partial charge >= 0.3 is 6.18 Å². The molecule has 3 rings (SSSR count). The van der Waals surface area contributed by atoms with E-state index >= 15 is 0 Å². The zero-order chi connectivity index (χ0) is 20.2. The van der Waals surface area contributed by atoms with Crippen molar-refractivity contribution in [2.45, 2.75) is 23.9 Å². The highest BCUT2D eigenvalue weighted by Crippen LogP contribution is 2.33. The fraction of sp³-hybridized carbons (Fsp3) is 0.412. The fourth-order valence-electron chi connectivity index (χ4n) is 2.95. The van der Waals surface area contributed by atoms with E-state index in [9.17, 15) is 21.6 Å². The van der Waals surface area contributed by atoms with Crippen molar-refractivity contribution in [3.63, 3.8) is 0 Å². The molecule has 2 heterocycles. The van der Waals surface area contributed by atoms with E-state index in [2.05, 4.69) is 24.9 Å². The number of hydrogen-bond donors (Lipinski definition) is 2. The molecular weight excluding hydrogens is 395 g/mol. The molecular formula is C17H20F3N5O2S. The van der Waals surface area contributed by atoms with Crippen molar-refractivity contribution in [3.05, 3.63) is 42.2 Å². The molecule has 1 aliphatic rings. The van der Waals surface area contributed by atoms with E-state index in [1.54, 1.807) is 6.07 Å². The number of benzene rings is 1. The maximum absolute atomic E-state index is 13.0. The summed E-state index contributed by atoms with van der Waals surface area (Å²) in [5, 5.41) is 2.95. The molecule has 0 saturated carbocycles. The first-order valence-corrected chi connectivity index (χ1v) is 10.2. The van der Waals surface area contributed by atoms with Gasteiger partial charge in [-0.3, -0.25) is 0 Å². The molecule has 0 spiro atoms. The van der Waals surface area contributed by atoms with Crippen LogP contribution in [-0.2, 0) is 16.2 Å². The van der Waals surface area contributed by atoms with Crippen molar-refractivity contribution in [2.75, 3.05) is 36.4 Å². The van der Waals surface area contributed by atoms with E-state index in [-0.39, 0.29) is 13.1 Å². The molecule has 11 heteroatoms. The second kappa shape index (κ2) is 8.31. The number of nitrogens with zero attached hydrogens (tertiary/aromatic N) is 3. The van der Waals surface area contributed by atoms with Gasteiger partial charge < -0.3 is 10.2 Å². The third-order valence-electron chi connectivity index (χ3n) is 4.29. The predicted molar refractivity (Wildman–Crippen MR) is 98.6 cm³/mol. The van der Waals surface area contributed by atoms with Gasteiger partial charge in [0.2, 0.25) is 10.0 Å². The third kappa shape index (κ3) is 4.90. The molecule has 1 saturated heterocycles. The minimum atomic E-state index is -4.75. The molecule has 1 aromatic carbocycles. The zero-order valence-electron chi connectivity index (χ0n) is 14.9. The van der Waals surface area contributed by atoms with Crippen LogP contribution in [0.2, 0.25) is 0 Å². The van der Waals surface area contributed by atoms with Crippen LogP contribution < -0.4 is 14.9 Å². The van der Waals surface area contributed by atoms with E-state index in [1.807, 2.05) is 0 Å². The molecule has 152 valence electrons. The van der Waals surface area contributed by atoms with Gasteiger partial charge in [-0.25, -0.2) is 23.1 Å². The maximum atomic E-state index is 13.0. The van der Waals surface area contributed by atoms with Crippen LogP contribution in [0.25, 0.3) is 0 Å². The van der Waals surface area contributed by atoms with Gasteiger partial charge in [-0.15, -0.1) is 0 Å². The molecule has 0 unspecified atom stereocenters. The van der Waals surface area contributed by atoms with Gasteiger partial charge in [0.25, 0.3) is 0 Å². The number of alkyl halides is 3. The van der Waals surface area contributed by atoms with Gasteiger partial charge in [0.05, 0.1) is 10.5 Å². The Morgan fingerprint density at radius 3 is 2.50 bits per heavy atom. The molecule has 1 aromatic heterocycles. The van der Waals surface area contributed by atoms with Gasteiger partial charge in [0, 0.05) is 32.2 Å². The topological polar surface area (TPSA) is 87.2 Å². The van der Waals surface area contributed by atoms with Crippen molar-refractivity contribution in [3.8, 4) is 0 Å². The summed E-state index contributed by atoms with van der Waals surface area (Å²) in [4.78, 5) is 9.63. The molecule has 28 heavy (non-hydrogen) atoms. The lowest BCUT2D eigenvalue weighted by Gasteiger charge is -2.17. The Labute approximate surface area is 161 Å². The first-order valence-electron chi connectivity index (χ1n) is 8.74. The molecule has 0 bridgehead atoms. The van der Waals surface area contributed by atoms with Crippen LogP contribution in [0.4, 0.5) is 24.8 Å². The molecule has 2 N–H and O–H groups in total. The minimum Gasteiger partial charge on any atom is -0.369 e. The lowest BCUT2D eigenvalue weighted by atomic mass is 10.2. The Morgan fingerprint density at radius 2 is 1.79 bits per heavy atom. The lowest BCUT2D eigenvalue weighted by Crippen LogP contribution is -2.30. The predicted octanol–water partition coefficient (Wildman–Crippen LogP) is 2.49. The highest BCUT2D eigenvalue weighted by molar-refractivity contribution is 7.89. The third-order valence-corrected chi connectivity index (χ3v) is 5.81. The van der Waals surface area contributed by atoms with E-state index in [0.717, 1.165) is 49.9 Å². The standard InChI is InChI=1S/C17H20F3N5O2S/c18-17(19,20)13-5-1-2-6-14(13)28(26,27)24-8-7-21-15-11-16(23-12-22-15)25-9-3-4-10-25/h1-2,5-6,11-12,24H,3-4,7-10H2,(H,21,22,23). The van der Waals surface area contributed by atoms with Crippen molar-refractivity contribution >= 4 is 21.7 Å². The van der Waals surface area contributed by atoms with Gasteiger partial charge in [-0.05, 0) is 25.0 Å². The Bertz CT molecular complexity index is 915. The quantitative estimate of drug-likeness (QED) is 0.676. The van der Waals surface area contributed by atoms with E-state index in [0.29, 0.717) is 5.82 Å². The summed E-state index contributed by atoms with van der Waals surface area (Å²) in [6.45, 7) is 1.91. The lowest BCUT2D eigenvalue weighted by molar-refractivity contribution is -0.139. The fourth-order valence-corrected chi connectivity index (χ4v) is 4.21. The average molecular weight is 415 g/mol. The summed E-state index contributed by atoms with van der Waals surface area (Å²) in [6, 6.07) is 5.84. The molecule has 0 radical (unpaired) electrons. The summed E-state index contributed by atoms with van der Waals surface area (Å²) in [5.74, 6) is 1.31. The van der Waals surface area contributed by atoms with Crippen LogP contribution in [0, 0.1) is 0 Å². The highest BCUT2D eigenvalue weighted by Gasteiger charge is 2.36. The van der Waals surface area contributed by atoms with Crippen LogP contribution >= 0.6 is 0 Å². The number of aromatic nitrogens is 2. The van der Waals surface area contributed by atoms with E-state index < -0.39 is 26.7 Å². The number of anilines is 2. The van der Waals surface area contributed by atoms with Gasteiger partial charge in [-0.2, -0.15) is 13.2 Å². The van der Waals surface area contributed by atoms with E-state index in [4.69, 9.17) is 0 Å². The molecule has 0 amide bonds. The summed E-state index contributed by atoms with van der Waals surface area (Å²) < 4.78 is 65.8. The van der Waals surface area contributed by atoms with E-state index in [1.165, 1.54) is 12.4 Å². The van der Waals surface area contributed by atoms with Crippen molar-refractivity contribution < 1.29 is 21.6 Å². The molecule has 7 nitrogen and oxygen atoms in total. The Balaban J connectivity index is 1.59. The first kappa shape index (κ1) is 20.3. The van der Waals surface area contributed by atoms with Gasteiger partial charge in [0.15, 0.2) is 0 Å². The van der Waals surface area contributed by atoms with Gasteiger partial charge in [-0.1, -0.05) is 12.1 Å². The molecule has 2 aromatic rings. The second-order valence-corrected chi connectivity index (χ2v) is 8.01. The van der Waals surface area contributed by atoms with Crippen LogP contribution in [0.1, 0.15) is 18.4 Å².